The van der Waals surface area contributed by atoms with Crippen molar-refractivity contribution < 1.29 is 19.1 Å². The van der Waals surface area contributed by atoms with Gasteiger partial charge in [-0.2, -0.15) is 0 Å². The Kier molecular flexibility index (Phi) is 5.10. The molecule has 0 radical (unpaired) electrons. The predicted molar refractivity (Wildman–Crippen MR) is 110 cm³/mol. The Labute approximate surface area is 176 Å². The molecule has 1 aliphatic heterocycles. The Balaban J connectivity index is 1.63. The molecule has 4 rings (SSSR count). The van der Waals surface area contributed by atoms with Gasteiger partial charge >= 0.3 is 5.97 Å². The highest BCUT2D eigenvalue weighted by Crippen LogP contribution is 2.39. The molecule has 29 heavy (non-hydrogen) atoms. The highest BCUT2D eigenvalue weighted by atomic mass is 79.9. The van der Waals surface area contributed by atoms with Crippen LogP contribution in [0.2, 0.25) is 0 Å². The number of carbonyl (C=O) groups is 1. The second-order valence-electron chi connectivity index (χ2n) is 6.90. The molecule has 0 bridgehead atoms. The average molecular weight is 456 g/mol. The number of rotatable bonds is 5. The molecule has 148 valence electrons. The van der Waals surface area contributed by atoms with Gasteiger partial charge in [0.2, 0.25) is 5.79 Å². The monoisotopic (exact) mass is 455 g/mol. The number of oxime groups is 1. The van der Waals surface area contributed by atoms with Crippen molar-refractivity contribution in [3.05, 3.63) is 76.8 Å². The third-order valence-electron chi connectivity index (χ3n) is 4.21. The highest BCUT2D eigenvalue weighted by molar-refractivity contribution is 9.10. The van der Waals surface area contributed by atoms with E-state index < -0.39 is 11.8 Å². The van der Waals surface area contributed by atoms with Crippen LogP contribution in [0.3, 0.4) is 0 Å². The largest absolute Gasteiger partial charge is 0.449 e. The fourth-order valence-corrected chi connectivity index (χ4v) is 3.35. The van der Waals surface area contributed by atoms with Crippen molar-refractivity contribution >= 4 is 27.6 Å². The van der Waals surface area contributed by atoms with Gasteiger partial charge < -0.3 is 18.9 Å². The predicted octanol–water partition coefficient (Wildman–Crippen LogP) is 4.41. The van der Waals surface area contributed by atoms with Crippen molar-refractivity contribution in [1.82, 2.24) is 9.55 Å². The molecule has 0 amide bonds. The molecule has 0 atom stereocenters. The lowest BCUT2D eigenvalue weighted by Gasteiger charge is -2.16. The maximum Gasteiger partial charge on any atom is 0.366 e. The van der Waals surface area contributed by atoms with Crippen LogP contribution in [0.5, 0.6) is 11.5 Å². The van der Waals surface area contributed by atoms with Gasteiger partial charge in [-0.05, 0) is 46.3 Å². The first-order valence-corrected chi connectivity index (χ1v) is 9.71. The quantitative estimate of drug-likeness (QED) is 0.323. The fraction of sp³-hybridized carbons (Fsp3) is 0.190. The SMILES string of the molecule is CC1(C)Oc2ccc(/C(Cn3ccnc3)=N/OC(=O)c3ccccc3Br)cc2O1. The van der Waals surface area contributed by atoms with Gasteiger partial charge in [0.15, 0.2) is 11.5 Å². The molecule has 3 aromatic rings. The molecule has 0 unspecified atom stereocenters. The molecule has 2 heterocycles. The average Bonchev–Trinajstić information content (AvgIpc) is 3.30. The number of nitrogens with zero attached hydrogens (tertiary/aromatic N) is 3. The van der Waals surface area contributed by atoms with E-state index in [0.717, 1.165) is 5.56 Å². The van der Waals surface area contributed by atoms with Gasteiger partial charge in [-0.1, -0.05) is 17.3 Å². The van der Waals surface area contributed by atoms with E-state index in [1.165, 1.54) is 0 Å². The van der Waals surface area contributed by atoms with Crippen LogP contribution in [0, 0.1) is 0 Å². The molecule has 2 aromatic carbocycles. The smallest absolute Gasteiger partial charge is 0.366 e. The second-order valence-corrected chi connectivity index (χ2v) is 7.75. The van der Waals surface area contributed by atoms with Crippen molar-refractivity contribution in [2.45, 2.75) is 26.2 Å². The minimum atomic E-state index is -0.728. The third kappa shape index (κ3) is 4.32. The number of imidazole rings is 1. The maximum atomic E-state index is 12.5. The molecule has 0 spiro atoms. The summed E-state index contributed by atoms with van der Waals surface area (Å²) >= 11 is 3.35. The molecule has 7 nitrogen and oxygen atoms in total. The lowest BCUT2D eigenvalue weighted by atomic mass is 10.1. The summed E-state index contributed by atoms with van der Waals surface area (Å²) in [5.74, 6) is -0.00864. The van der Waals surface area contributed by atoms with Gasteiger partial charge in [-0.15, -0.1) is 0 Å². The molecular formula is C21H18BrN3O4. The maximum absolute atomic E-state index is 12.5. The Morgan fingerprint density at radius 3 is 2.76 bits per heavy atom. The first-order chi connectivity index (χ1) is 13.9. The zero-order chi connectivity index (χ0) is 20.4. The lowest BCUT2D eigenvalue weighted by Crippen LogP contribution is -2.29. The summed E-state index contributed by atoms with van der Waals surface area (Å²) in [5.41, 5.74) is 1.68. The van der Waals surface area contributed by atoms with E-state index in [4.69, 9.17) is 14.3 Å². The standard InChI is InChI=1S/C21H18BrN3O4/c1-21(2)27-18-8-7-14(11-19(18)28-21)17(12-25-10-9-23-13-25)24-29-20(26)15-5-3-4-6-16(15)22/h3-11,13H,12H2,1-2H3/b24-17+. The van der Waals surface area contributed by atoms with Gasteiger partial charge in [0.05, 0.1) is 18.4 Å². The van der Waals surface area contributed by atoms with Gasteiger partial charge in [0, 0.05) is 36.3 Å². The third-order valence-corrected chi connectivity index (χ3v) is 4.90. The number of fused-ring (bicyclic) bond motifs is 1. The van der Waals surface area contributed by atoms with Crippen LogP contribution in [0.4, 0.5) is 0 Å². The lowest BCUT2D eigenvalue weighted by molar-refractivity contribution is -0.0431. The normalized spacial score (nSPS) is 14.7. The zero-order valence-electron chi connectivity index (χ0n) is 15.8. The molecule has 0 aliphatic carbocycles. The number of hydrogen-bond donors (Lipinski definition) is 0. The van der Waals surface area contributed by atoms with Gasteiger partial charge in [0.25, 0.3) is 0 Å². The van der Waals surface area contributed by atoms with Crippen LogP contribution in [0.25, 0.3) is 0 Å². The summed E-state index contributed by atoms with van der Waals surface area (Å²) in [6.07, 6.45) is 5.15. The molecule has 0 fully saturated rings. The second kappa shape index (κ2) is 7.71. The van der Waals surface area contributed by atoms with Gasteiger partial charge in [0.1, 0.15) is 5.71 Å². The minimum absolute atomic E-state index is 0.367. The van der Waals surface area contributed by atoms with E-state index >= 15 is 0 Å². The number of hydrogen-bond acceptors (Lipinski definition) is 6. The molecule has 8 heteroatoms. The summed E-state index contributed by atoms with van der Waals surface area (Å²) in [6.45, 7) is 4.05. The summed E-state index contributed by atoms with van der Waals surface area (Å²) in [6, 6.07) is 12.5. The molecule has 0 saturated heterocycles. The van der Waals surface area contributed by atoms with E-state index in [-0.39, 0.29) is 0 Å². The molecule has 1 aliphatic rings. The Morgan fingerprint density at radius 2 is 2.00 bits per heavy atom. The minimum Gasteiger partial charge on any atom is -0.449 e. The van der Waals surface area contributed by atoms with Gasteiger partial charge in [-0.3, -0.25) is 0 Å². The fourth-order valence-electron chi connectivity index (χ4n) is 2.90. The van der Waals surface area contributed by atoms with Crippen LogP contribution < -0.4 is 9.47 Å². The topological polar surface area (TPSA) is 74.9 Å². The molecule has 0 N–H and O–H groups in total. The van der Waals surface area contributed by atoms with Crippen LogP contribution >= 0.6 is 15.9 Å². The molecular weight excluding hydrogens is 438 g/mol. The van der Waals surface area contributed by atoms with Gasteiger partial charge in [-0.25, -0.2) is 9.78 Å². The summed E-state index contributed by atoms with van der Waals surface area (Å²) in [4.78, 5) is 21.8. The molecule has 1 aromatic heterocycles. The zero-order valence-corrected chi connectivity index (χ0v) is 17.4. The van der Waals surface area contributed by atoms with Crippen molar-refractivity contribution in [3.63, 3.8) is 0 Å². The van der Waals surface area contributed by atoms with E-state index in [1.807, 2.05) is 42.7 Å². The number of aromatic nitrogens is 2. The van der Waals surface area contributed by atoms with E-state index in [2.05, 4.69) is 26.1 Å². The van der Waals surface area contributed by atoms with Crippen LogP contribution in [-0.4, -0.2) is 27.0 Å². The summed E-state index contributed by atoms with van der Waals surface area (Å²) in [5, 5.41) is 4.15. The highest BCUT2D eigenvalue weighted by Gasteiger charge is 2.32. The Hall–Kier alpha value is -3.13. The Bertz CT molecular complexity index is 1080. The number of benzene rings is 2. The van der Waals surface area contributed by atoms with Crippen molar-refractivity contribution in [1.29, 1.82) is 0 Å². The molecule has 0 saturated carbocycles. The van der Waals surface area contributed by atoms with Crippen molar-refractivity contribution in [2.75, 3.05) is 0 Å². The number of ether oxygens (including phenoxy) is 2. The van der Waals surface area contributed by atoms with Crippen LogP contribution in [0.1, 0.15) is 29.8 Å². The van der Waals surface area contributed by atoms with Crippen molar-refractivity contribution in [2.24, 2.45) is 5.16 Å². The first-order valence-electron chi connectivity index (χ1n) is 8.92. The number of halogens is 1. The summed E-state index contributed by atoms with van der Waals surface area (Å²) in [7, 11) is 0. The van der Waals surface area contributed by atoms with E-state index in [1.54, 1.807) is 36.9 Å². The van der Waals surface area contributed by atoms with E-state index in [0.29, 0.717) is 33.8 Å². The number of carbonyl (C=O) groups excluding carboxylic acids is 1. The van der Waals surface area contributed by atoms with Crippen LogP contribution in [-0.2, 0) is 11.4 Å². The summed E-state index contributed by atoms with van der Waals surface area (Å²) < 4.78 is 14.0. The van der Waals surface area contributed by atoms with Crippen molar-refractivity contribution in [3.8, 4) is 11.5 Å². The Morgan fingerprint density at radius 1 is 1.21 bits per heavy atom. The van der Waals surface area contributed by atoms with Crippen LogP contribution in [0.15, 0.2) is 70.8 Å². The first kappa shape index (κ1) is 19.2. The van der Waals surface area contributed by atoms with E-state index in [9.17, 15) is 4.79 Å².